The molecule has 1 aliphatic rings. The lowest BCUT2D eigenvalue weighted by Gasteiger charge is -2.28. The van der Waals surface area contributed by atoms with Crippen molar-refractivity contribution in [1.29, 1.82) is 0 Å². The average molecular weight is 217 g/mol. The molecule has 1 aliphatic carbocycles. The number of rotatable bonds is 2. The predicted octanol–water partition coefficient (Wildman–Crippen LogP) is 3.07. The Morgan fingerprint density at radius 1 is 1.33 bits per heavy atom. The highest BCUT2D eigenvalue weighted by Crippen LogP contribution is 2.40. The lowest BCUT2D eigenvalue weighted by Crippen LogP contribution is -2.45. The number of carbonyl (C=O) groups excluding carboxylic acids is 1. The van der Waals surface area contributed by atoms with Crippen LogP contribution in [0.25, 0.3) is 0 Å². The Morgan fingerprint density at radius 3 is 2.00 bits per heavy atom. The second kappa shape index (κ2) is 4.95. The Labute approximate surface area is 92.6 Å². The van der Waals surface area contributed by atoms with Crippen LogP contribution in [0.3, 0.4) is 0 Å². The van der Waals surface area contributed by atoms with Crippen LogP contribution in [0.2, 0.25) is 0 Å². The minimum atomic E-state index is -1.54. The molecule has 15 heavy (non-hydrogen) atoms. The quantitative estimate of drug-likeness (QED) is 0.756. The zero-order chi connectivity index (χ0) is 12.3. The van der Waals surface area contributed by atoms with Crippen LogP contribution in [0.1, 0.15) is 54.4 Å². The van der Waals surface area contributed by atoms with E-state index in [1.807, 2.05) is 41.5 Å². The normalized spacial score (nSPS) is 19.7. The molecule has 0 bridgehead atoms. The smallest absolute Gasteiger partial charge is 0.257 e. The predicted molar refractivity (Wildman–Crippen MR) is 61.5 cm³/mol. The second-order valence-electron chi connectivity index (χ2n) is 5.03. The van der Waals surface area contributed by atoms with E-state index in [4.69, 9.17) is 0 Å². The molecule has 3 heteroatoms. The van der Waals surface area contributed by atoms with E-state index < -0.39 is 11.6 Å². The van der Waals surface area contributed by atoms with Crippen molar-refractivity contribution in [3.8, 4) is 0 Å². The van der Waals surface area contributed by atoms with Crippen LogP contribution in [0, 0.1) is 5.41 Å². The maximum Gasteiger partial charge on any atom is 0.257 e. The van der Waals surface area contributed by atoms with Gasteiger partial charge in [-0.25, -0.2) is 4.39 Å². The molecule has 1 unspecified atom stereocenters. The minimum Gasteiger partial charge on any atom is -0.350 e. The van der Waals surface area contributed by atoms with Crippen LogP contribution in [-0.2, 0) is 4.79 Å². The topological polar surface area (TPSA) is 29.1 Å². The molecule has 0 saturated heterocycles. The Morgan fingerprint density at radius 2 is 1.73 bits per heavy atom. The van der Waals surface area contributed by atoms with E-state index in [1.54, 1.807) is 0 Å². The first-order valence-electron chi connectivity index (χ1n) is 5.75. The van der Waals surface area contributed by atoms with Crippen LogP contribution in [0.5, 0.6) is 0 Å². The van der Waals surface area contributed by atoms with Gasteiger partial charge < -0.3 is 5.32 Å². The fourth-order valence-corrected chi connectivity index (χ4v) is 0.879. The summed E-state index contributed by atoms with van der Waals surface area (Å²) in [5, 5.41) is 2.71. The summed E-state index contributed by atoms with van der Waals surface area (Å²) >= 11 is 0. The van der Waals surface area contributed by atoms with E-state index >= 15 is 0 Å². The average Bonchev–Trinajstić information content (AvgIpc) is 2.87. The summed E-state index contributed by atoms with van der Waals surface area (Å²) in [6, 6.07) is 0.00762. The molecule has 1 fully saturated rings. The molecule has 1 atom stereocenters. The Hall–Kier alpha value is -0.600. The minimum absolute atomic E-state index is 0.00762. The number of hydrogen-bond donors (Lipinski definition) is 1. The third-order valence-corrected chi connectivity index (χ3v) is 2.74. The number of nitrogens with one attached hydrogen (secondary N) is 1. The van der Waals surface area contributed by atoms with Gasteiger partial charge in [-0.2, -0.15) is 0 Å². The summed E-state index contributed by atoms with van der Waals surface area (Å²) in [6.45, 7) is 12.0. The van der Waals surface area contributed by atoms with Gasteiger partial charge in [0.2, 0.25) is 0 Å². The maximum atomic E-state index is 13.2. The van der Waals surface area contributed by atoms with Gasteiger partial charge in [0.25, 0.3) is 5.91 Å². The molecule has 1 amide bonds. The van der Waals surface area contributed by atoms with Crippen molar-refractivity contribution >= 4 is 5.91 Å². The van der Waals surface area contributed by atoms with Crippen molar-refractivity contribution in [2.45, 2.75) is 66.1 Å². The highest BCUT2D eigenvalue weighted by molar-refractivity contribution is 5.88. The molecule has 0 aromatic heterocycles. The molecule has 0 aromatic carbocycles. The van der Waals surface area contributed by atoms with Crippen molar-refractivity contribution in [2.24, 2.45) is 5.41 Å². The lowest BCUT2D eigenvalue weighted by molar-refractivity contribution is -0.128. The van der Waals surface area contributed by atoms with Gasteiger partial charge in [-0.1, -0.05) is 34.6 Å². The van der Waals surface area contributed by atoms with E-state index in [0.29, 0.717) is 12.8 Å². The Bertz CT molecular complexity index is 216. The number of hydrogen-bond acceptors (Lipinski definition) is 1. The zero-order valence-corrected chi connectivity index (χ0v) is 10.8. The molecule has 0 spiro atoms. The number of amides is 1. The molecule has 0 aliphatic heterocycles. The summed E-state index contributed by atoms with van der Waals surface area (Å²) in [5.41, 5.74) is -1.56. The molecule has 1 rings (SSSR count). The standard InChI is InChI=1S/C10H18FNO.C2H6/c1-7(9(2,3)4)12-8(13)10(11)5-6-10;1-2/h7H,5-6H2,1-4H3,(H,12,13);1-2H3. The molecule has 1 N–H and O–H groups in total. The summed E-state index contributed by atoms with van der Waals surface area (Å²) < 4.78 is 13.2. The van der Waals surface area contributed by atoms with E-state index in [1.165, 1.54) is 0 Å². The van der Waals surface area contributed by atoms with Crippen LogP contribution in [0.4, 0.5) is 4.39 Å². The van der Waals surface area contributed by atoms with Crippen LogP contribution in [-0.4, -0.2) is 17.6 Å². The van der Waals surface area contributed by atoms with Crippen molar-refractivity contribution < 1.29 is 9.18 Å². The number of alkyl halides is 1. The second-order valence-corrected chi connectivity index (χ2v) is 5.03. The summed E-state index contributed by atoms with van der Waals surface area (Å²) in [4.78, 5) is 11.3. The summed E-state index contributed by atoms with van der Waals surface area (Å²) in [5.74, 6) is -0.435. The van der Waals surface area contributed by atoms with Gasteiger partial charge in [-0.3, -0.25) is 4.79 Å². The molecule has 2 nitrogen and oxygen atoms in total. The van der Waals surface area contributed by atoms with E-state index in [-0.39, 0.29) is 11.5 Å². The van der Waals surface area contributed by atoms with Crippen molar-refractivity contribution in [2.75, 3.05) is 0 Å². The van der Waals surface area contributed by atoms with E-state index in [9.17, 15) is 9.18 Å². The van der Waals surface area contributed by atoms with Crippen molar-refractivity contribution in [3.63, 3.8) is 0 Å². The fourth-order valence-electron chi connectivity index (χ4n) is 0.879. The first-order chi connectivity index (χ1) is 6.76. The number of carbonyl (C=O) groups is 1. The fraction of sp³-hybridized carbons (Fsp3) is 0.917. The Balaban J connectivity index is 0.000000921. The Kier molecular flexibility index (Phi) is 4.75. The third kappa shape index (κ3) is 4.18. The molecule has 0 heterocycles. The summed E-state index contributed by atoms with van der Waals surface area (Å²) in [6.07, 6.45) is 0.769. The molecule has 90 valence electrons. The summed E-state index contributed by atoms with van der Waals surface area (Å²) in [7, 11) is 0. The lowest BCUT2D eigenvalue weighted by atomic mass is 9.88. The zero-order valence-electron chi connectivity index (χ0n) is 10.8. The largest absolute Gasteiger partial charge is 0.350 e. The first-order valence-corrected chi connectivity index (χ1v) is 5.75. The molecule has 1 saturated carbocycles. The van der Waals surface area contributed by atoms with Gasteiger partial charge in [-0.15, -0.1) is 0 Å². The van der Waals surface area contributed by atoms with E-state index in [2.05, 4.69) is 5.32 Å². The van der Waals surface area contributed by atoms with Crippen LogP contribution >= 0.6 is 0 Å². The molecule has 0 aromatic rings. The maximum absolute atomic E-state index is 13.2. The molecule has 0 radical (unpaired) electrons. The van der Waals surface area contributed by atoms with Crippen molar-refractivity contribution in [1.82, 2.24) is 5.32 Å². The van der Waals surface area contributed by atoms with E-state index in [0.717, 1.165) is 0 Å². The van der Waals surface area contributed by atoms with Crippen LogP contribution < -0.4 is 5.32 Å². The van der Waals surface area contributed by atoms with Gasteiger partial charge in [0.15, 0.2) is 5.67 Å². The monoisotopic (exact) mass is 217 g/mol. The SMILES string of the molecule is CC.CC(NC(=O)C1(F)CC1)C(C)(C)C. The molecular formula is C12H24FNO. The number of halogens is 1. The highest BCUT2D eigenvalue weighted by atomic mass is 19.1. The van der Waals surface area contributed by atoms with Crippen LogP contribution in [0.15, 0.2) is 0 Å². The third-order valence-electron chi connectivity index (χ3n) is 2.74. The van der Waals surface area contributed by atoms with Crippen molar-refractivity contribution in [3.05, 3.63) is 0 Å². The first kappa shape index (κ1) is 14.4. The van der Waals surface area contributed by atoms with Gasteiger partial charge >= 0.3 is 0 Å². The van der Waals surface area contributed by atoms with Gasteiger partial charge in [0.1, 0.15) is 0 Å². The molecular weight excluding hydrogens is 193 g/mol. The van der Waals surface area contributed by atoms with Gasteiger partial charge in [0.05, 0.1) is 0 Å². The van der Waals surface area contributed by atoms with Gasteiger partial charge in [-0.05, 0) is 25.2 Å². The highest BCUT2D eigenvalue weighted by Gasteiger charge is 2.51. The van der Waals surface area contributed by atoms with Gasteiger partial charge in [0, 0.05) is 6.04 Å².